The molecule has 3 aromatic carbocycles. The summed E-state index contributed by atoms with van der Waals surface area (Å²) in [7, 11) is 2.98. The van der Waals surface area contributed by atoms with Gasteiger partial charge in [0.25, 0.3) is 0 Å². The lowest BCUT2D eigenvalue weighted by molar-refractivity contribution is -0.137. The lowest BCUT2D eigenvalue weighted by Crippen LogP contribution is -2.25. The van der Waals surface area contributed by atoms with E-state index in [4.69, 9.17) is 33.2 Å². The van der Waals surface area contributed by atoms with Crippen LogP contribution in [0, 0.1) is 0 Å². The van der Waals surface area contributed by atoms with Gasteiger partial charge in [-0.3, -0.25) is 0 Å². The van der Waals surface area contributed by atoms with Crippen LogP contribution in [0.4, 0.5) is 0 Å². The van der Waals surface area contributed by atoms with Crippen LogP contribution in [0.2, 0.25) is 0 Å². The Labute approximate surface area is 221 Å². The SMILES string of the molecule is COC(=O)C1=C(OCCc2ccc(OC)cc2)c2cc(OC(C)C)ccc2OC1c1ccc2c(c1)OCO2. The number of carbonyl (C=O) groups excluding carboxylic acids is 1. The molecule has 0 radical (unpaired) electrons. The molecule has 198 valence electrons. The summed E-state index contributed by atoms with van der Waals surface area (Å²) < 4.78 is 40.1. The van der Waals surface area contributed by atoms with E-state index in [1.807, 2.05) is 68.4 Å². The van der Waals surface area contributed by atoms with Crippen molar-refractivity contribution in [3.63, 3.8) is 0 Å². The summed E-state index contributed by atoms with van der Waals surface area (Å²) in [5.74, 6) is 3.06. The Hall–Kier alpha value is -4.33. The van der Waals surface area contributed by atoms with Gasteiger partial charge in [-0.2, -0.15) is 0 Å². The van der Waals surface area contributed by atoms with Crippen LogP contribution in [-0.2, 0) is 20.7 Å². The Morgan fingerprint density at radius 1 is 0.921 bits per heavy atom. The normalized spacial score (nSPS) is 15.6. The summed E-state index contributed by atoms with van der Waals surface area (Å²) >= 11 is 0. The maximum Gasteiger partial charge on any atom is 0.341 e. The molecule has 1 unspecified atom stereocenters. The zero-order valence-corrected chi connectivity index (χ0v) is 21.8. The van der Waals surface area contributed by atoms with Gasteiger partial charge in [0, 0.05) is 12.0 Å². The fraction of sp³-hybridized carbons (Fsp3) is 0.300. The molecule has 1 atom stereocenters. The van der Waals surface area contributed by atoms with Gasteiger partial charge in [0.05, 0.1) is 32.5 Å². The van der Waals surface area contributed by atoms with Crippen molar-refractivity contribution in [3.05, 3.63) is 82.9 Å². The maximum atomic E-state index is 13.2. The number of hydrogen-bond acceptors (Lipinski definition) is 8. The number of rotatable bonds is 9. The van der Waals surface area contributed by atoms with Gasteiger partial charge in [-0.15, -0.1) is 0 Å². The van der Waals surface area contributed by atoms with Gasteiger partial charge in [0.15, 0.2) is 17.6 Å². The van der Waals surface area contributed by atoms with Gasteiger partial charge >= 0.3 is 5.97 Å². The highest BCUT2D eigenvalue weighted by Crippen LogP contribution is 2.46. The largest absolute Gasteiger partial charge is 0.497 e. The number of ether oxygens (including phenoxy) is 7. The van der Waals surface area contributed by atoms with Gasteiger partial charge < -0.3 is 33.2 Å². The Bertz CT molecular complexity index is 1340. The molecular formula is C30H30O8. The molecule has 0 fully saturated rings. The zero-order valence-electron chi connectivity index (χ0n) is 21.8. The lowest BCUT2D eigenvalue weighted by atomic mass is 9.94. The Morgan fingerprint density at radius 3 is 2.39 bits per heavy atom. The highest BCUT2D eigenvalue weighted by Gasteiger charge is 2.37. The molecule has 3 aromatic rings. The summed E-state index contributed by atoms with van der Waals surface area (Å²) in [5, 5.41) is 0. The van der Waals surface area contributed by atoms with Gasteiger partial charge in [-0.05, 0) is 61.9 Å². The predicted molar refractivity (Wildman–Crippen MR) is 140 cm³/mol. The van der Waals surface area contributed by atoms with E-state index < -0.39 is 12.1 Å². The molecule has 5 rings (SSSR count). The Balaban J connectivity index is 1.54. The molecule has 2 aliphatic heterocycles. The molecule has 0 bridgehead atoms. The summed E-state index contributed by atoms with van der Waals surface area (Å²) in [6.45, 7) is 4.37. The van der Waals surface area contributed by atoms with Crippen molar-refractivity contribution < 1.29 is 38.0 Å². The van der Waals surface area contributed by atoms with Crippen molar-refractivity contribution in [2.75, 3.05) is 27.6 Å². The van der Waals surface area contributed by atoms with Gasteiger partial charge in [-0.25, -0.2) is 4.79 Å². The molecular weight excluding hydrogens is 488 g/mol. The van der Waals surface area contributed by atoms with E-state index in [0.717, 1.165) is 11.3 Å². The molecule has 0 N–H and O–H groups in total. The van der Waals surface area contributed by atoms with Gasteiger partial charge in [0.1, 0.15) is 28.6 Å². The van der Waals surface area contributed by atoms with Gasteiger partial charge in [-0.1, -0.05) is 18.2 Å². The van der Waals surface area contributed by atoms with E-state index in [1.54, 1.807) is 13.2 Å². The van der Waals surface area contributed by atoms with Crippen LogP contribution in [0.5, 0.6) is 28.7 Å². The number of hydrogen-bond donors (Lipinski definition) is 0. The fourth-order valence-corrected chi connectivity index (χ4v) is 4.42. The molecule has 8 heteroatoms. The average Bonchev–Trinajstić information content (AvgIpc) is 3.40. The van der Waals surface area contributed by atoms with E-state index in [2.05, 4.69) is 0 Å². The molecule has 38 heavy (non-hydrogen) atoms. The van der Waals surface area contributed by atoms with E-state index >= 15 is 0 Å². The first kappa shape index (κ1) is 25.3. The van der Waals surface area contributed by atoms with Crippen molar-refractivity contribution in [1.82, 2.24) is 0 Å². The van der Waals surface area contributed by atoms with Gasteiger partial charge in [0.2, 0.25) is 6.79 Å². The van der Waals surface area contributed by atoms with Crippen LogP contribution >= 0.6 is 0 Å². The lowest BCUT2D eigenvalue weighted by Gasteiger charge is -2.30. The van der Waals surface area contributed by atoms with Crippen molar-refractivity contribution >= 4 is 11.7 Å². The van der Waals surface area contributed by atoms with Crippen LogP contribution in [0.25, 0.3) is 5.76 Å². The minimum absolute atomic E-state index is 0.0255. The standard InChI is InChI=1S/C30H30O8/c1-18(2)37-22-10-12-24-23(16-22)29(34-14-13-19-5-8-21(32-3)9-6-19)27(30(31)33-4)28(38-24)20-7-11-25-26(15-20)36-17-35-25/h5-12,15-16,18,28H,13-14,17H2,1-4H3. The first-order valence-electron chi connectivity index (χ1n) is 12.4. The quantitative estimate of drug-likeness (QED) is 0.344. The topological polar surface area (TPSA) is 81.7 Å². The summed E-state index contributed by atoms with van der Waals surface area (Å²) in [5.41, 5.74) is 2.66. The molecule has 0 aromatic heterocycles. The highest BCUT2D eigenvalue weighted by molar-refractivity contribution is 5.99. The molecule has 0 spiro atoms. The van der Waals surface area contributed by atoms with E-state index in [-0.39, 0.29) is 18.5 Å². The minimum Gasteiger partial charge on any atom is -0.497 e. The van der Waals surface area contributed by atoms with Crippen molar-refractivity contribution in [2.24, 2.45) is 0 Å². The summed E-state index contributed by atoms with van der Waals surface area (Å²) in [4.78, 5) is 13.2. The van der Waals surface area contributed by atoms with Crippen molar-refractivity contribution in [2.45, 2.75) is 32.5 Å². The van der Waals surface area contributed by atoms with E-state index in [9.17, 15) is 4.79 Å². The van der Waals surface area contributed by atoms with Crippen molar-refractivity contribution in [1.29, 1.82) is 0 Å². The zero-order chi connectivity index (χ0) is 26.6. The number of carbonyl (C=O) groups is 1. The molecule has 2 heterocycles. The third kappa shape index (κ3) is 5.20. The first-order valence-corrected chi connectivity index (χ1v) is 12.4. The van der Waals surface area contributed by atoms with E-state index in [1.165, 1.54) is 7.11 Å². The van der Waals surface area contributed by atoms with Crippen LogP contribution in [0.15, 0.2) is 66.2 Å². The molecule has 0 saturated carbocycles. The van der Waals surface area contributed by atoms with Crippen LogP contribution < -0.4 is 23.7 Å². The minimum atomic E-state index is -0.780. The van der Waals surface area contributed by atoms with Crippen LogP contribution in [0.3, 0.4) is 0 Å². The first-order chi connectivity index (χ1) is 18.5. The second kappa shape index (κ2) is 11.0. The highest BCUT2D eigenvalue weighted by atomic mass is 16.7. The molecule has 0 aliphatic carbocycles. The van der Waals surface area contributed by atoms with E-state index in [0.29, 0.717) is 52.9 Å². The summed E-state index contributed by atoms with van der Waals surface area (Å²) in [6, 6.07) is 18.7. The molecule has 0 amide bonds. The maximum absolute atomic E-state index is 13.2. The average molecular weight is 519 g/mol. The molecule has 8 nitrogen and oxygen atoms in total. The number of benzene rings is 3. The predicted octanol–water partition coefficient (Wildman–Crippen LogP) is 5.49. The molecule has 2 aliphatic rings. The second-order valence-corrected chi connectivity index (χ2v) is 9.12. The smallest absolute Gasteiger partial charge is 0.341 e. The molecule has 0 saturated heterocycles. The third-order valence-electron chi connectivity index (χ3n) is 6.22. The summed E-state index contributed by atoms with van der Waals surface area (Å²) in [6.07, 6.45) is -0.186. The second-order valence-electron chi connectivity index (χ2n) is 9.12. The monoisotopic (exact) mass is 518 g/mol. The number of fused-ring (bicyclic) bond motifs is 2. The fourth-order valence-electron chi connectivity index (χ4n) is 4.42. The Kier molecular flexibility index (Phi) is 7.31. The third-order valence-corrected chi connectivity index (χ3v) is 6.22. The van der Waals surface area contributed by atoms with Crippen LogP contribution in [0.1, 0.15) is 36.6 Å². The van der Waals surface area contributed by atoms with Crippen molar-refractivity contribution in [3.8, 4) is 28.7 Å². The van der Waals surface area contributed by atoms with Crippen LogP contribution in [-0.4, -0.2) is 39.7 Å². The Morgan fingerprint density at radius 2 is 1.66 bits per heavy atom. The number of esters is 1. The number of methoxy groups -OCH3 is 2.